The predicted molar refractivity (Wildman–Crippen MR) is 85.4 cm³/mol. The van der Waals surface area contributed by atoms with Crippen molar-refractivity contribution in [2.24, 2.45) is 0 Å². The first kappa shape index (κ1) is 13.5. The Balaban J connectivity index is 2.15. The van der Waals surface area contributed by atoms with Crippen molar-refractivity contribution in [2.45, 2.75) is 19.9 Å². The van der Waals surface area contributed by atoms with Gasteiger partial charge in [-0.2, -0.15) is 5.10 Å². The first-order valence-electron chi connectivity index (χ1n) is 7.09. The molecule has 0 aliphatic heterocycles. The van der Waals surface area contributed by atoms with Gasteiger partial charge in [0.25, 0.3) is 0 Å². The predicted octanol–water partition coefficient (Wildman–Crippen LogP) is 2.26. The van der Waals surface area contributed by atoms with Gasteiger partial charge in [-0.1, -0.05) is 6.92 Å². The molecule has 0 unspecified atom stereocenters. The molecule has 3 aromatic heterocycles. The fraction of sp³-hybridized carbons (Fsp3) is 0.333. The van der Waals surface area contributed by atoms with Crippen LogP contribution in [0.5, 0.6) is 0 Å². The van der Waals surface area contributed by atoms with Crippen LogP contribution in [-0.4, -0.2) is 33.3 Å². The molecular formula is C15H20N6. The molecule has 0 atom stereocenters. The normalized spacial score (nSPS) is 11.2. The Morgan fingerprint density at radius 1 is 1.24 bits per heavy atom. The summed E-state index contributed by atoms with van der Waals surface area (Å²) in [6.07, 6.45) is 4.81. The van der Waals surface area contributed by atoms with Crippen molar-refractivity contribution in [1.29, 1.82) is 0 Å². The van der Waals surface area contributed by atoms with Crippen molar-refractivity contribution in [3.63, 3.8) is 0 Å². The number of aromatic nitrogens is 4. The van der Waals surface area contributed by atoms with E-state index in [1.54, 1.807) is 6.20 Å². The van der Waals surface area contributed by atoms with E-state index in [0.717, 1.165) is 35.7 Å². The minimum absolute atomic E-state index is 0.645. The number of fused-ring (bicyclic) bond motifs is 1. The molecular weight excluding hydrogens is 264 g/mol. The number of anilines is 2. The third-order valence-electron chi connectivity index (χ3n) is 3.55. The molecule has 0 bridgehead atoms. The van der Waals surface area contributed by atoms with Crippen LogP contribution in [0.2, 0.25) is 0 Å². The maximum absolute atomic E-state index is 6.31. The Hall–Kier alpha value is -2.50. The van der Waals surface area contributed by atoms with E-state index in [0.29, 0.717) is 5.82 Å². The summed E-state index contributed by atoms with van der Waals surface area (Å²) in [7, 11) is 4.01. The Morgan fingerprint density at radius 2 is 2.05 bits per heavy atom. The summed E-state index contributed by atoms with van der Waals surface area (Å²) in [6.45, 7) is 2.99. The lowest BCUT2D eigenvalue weighted by Crippen LogP contribution is -2.09. The van der Waals surface area contributed by atoms with Gasteiger partial charge in [-0.25, -0.2) is 4.98 Å². The van der Waals surface area contributed by atoms with E-state index in [-0.39, 0.29) is 0 Å². The van der Waals surface area contributed by atoms with Gasteiger partial charge in [0.15, 0.2) is 0 Å². The van der Waals surface area contributed by atoms with Gasteiger partial charge in [-0.3, -0.25) is 9.08 Å². The third kappa shape index (κ3) is 2.22. The zero-order valence-corrected chi connectivity index (χ0v) is 12.6. The van der Waals surface area contributed by atoms with E-state index in [9.17, 15) is 0 Å². The summed E-state index contributed by atoms with van der Waals surface area (Å²) < 4.78 is 3.87. The topological polar surface area (TPSA) is 64.4 Å². The van der Waals surface area contributed by atoms with Crippen molar-refractivity contribution in [2.75, 3.05) is 24.7 Å². The highest BCUT2D eigenvalue weighted by molar-refractivity contribution is 5.73. The second kappa shape index (κ2) is 5.12. The lowest BCUT2D eigenvalue weighted by molar-refractivity contribution is 0.608. The molecule has 21 heavy (non-hydrogen) atoms. The first-order chi connectivity index (χ1) is 10.1. The maximum Gasteiger partial charge on any atom is 0.139 e. The summed E-state index contributed by atoms with van der Waals surface area (Å²) in [6, 6.07) is 5.98. The number of hydrogen-bond donors (Lipinski definition) is 1. The van der Waals surface area contributed by atoms with Crippen LogP contribution in [0.4, 0.5) is 11.5 Å². The quantitative estimate of drug-likeness (QED) is 0.798. The van der Waals surface area contributed by atoms with Crippen LogP contribution in [0.25, 0.3) is 17.0 Å². The lowest BCUT2D eigenvalue weighted by atomic mass is 10.3. The molecule has 110 valence electrons. The molecule has 0 spiro atoms. The number of imidazole rings is 1. The summed E-state index contributed by atoms with van der Waals surface area (Å²) >= 11 is 0. The van der Waals surface area contributed by atoms with Crippen LogP contribution in [0.15, 0.2) is 30.6 Å². The SMILES string of the molecule is CCCn1nccc1-c1nc2ccc(N(C)C)cn2c1N. The molecule has 3 rings (SSSR count). The lowest BCUT2D eigenvalue weighted by Gasteiger charge is -2.12. The van der Waals surface area contributed by atoms with Gasteiger partial charge in [0.2, 0.25) is 0 Å². The molecule has 6 heteroatoms. The molecule has 0 radical (unpaired) electrons. The van der Waals surface area contributed by atoms with Gasteiger partial charge in [0, 0.05) is 33.0 Å². The second-order valence-electron chi connectivity index (χ2n) is 5.30. The number of hydrogen-bond acceptors (Lipinski definition) is 4. The number of nitrogens with two attached hydrogens (primary N) is 1. The van der Waals surface area contributed by atoms with Crippen LogP contribution in [0.1, 0.15) is 13.3 Å². The van der Waals surface area contributed by atoms with Crippen LogP contribution in [-0.2, 0) is 6.54 Å². The van der Waals surface area contributed by atoms with Crippen LogP contribution in [0, 0.1) is 0 Å². The van der Waals surface area contributed by atoms with E-state index in [4.69, 9.17) is 5.73 Å². The van der Waals surface area contributed by atoms with E-state index >= 15 is 0 Å². The van der Waals surface area contributed by atoms with Gasteiger partial charge >= 0.3 is 0 Å². The molecule has 6 nitrogen and oxygen atoms in total. The van der Waals surface area contributed by atoms with Gasteiger partial charge < -0.3 is 10.6 Å². The van der Waals surface area contributed by atoms with Gasteiger partial charge in [0.1, 0.15) is 17.2 Å². The van der Waals surface area contributed by atoms with Crippen molar-refractivity contribution in [3.05, 3.63) is 30.6 Å². The largest absolute Gasteiger partial charge is 0.383 e. The van der Waals surface area contributed by atoms with Gasteiger partial charge in [0.05, 0.1) is 11.4 Å². The first-order valence-corrected chi connectivity index (χ1v) is 7.09. The number of pyridine rings is 1. The number of nitrogens with zero attached hydrogens (tertiary/aromatic N) is 5. The van der Waals surface area contributed by atoms with Crippen molar-refractivity contribution in [1.82, 2.24) is 19.2 Å². The minimum atomic E-state index is 0.645. The number of aryl methyl sites for hydroxylation is 1. The molecule has 3 heterocycles. The Labute approximate surface area is 123 Å². The molecule has 0 saturated heterocycles. The standard InChI is InChI=1S/C15H20N6/c1-4-9-21-12(7-8-17-21)14-15(16)20-10-11(19(2)3)5-6-13(20)18-14/h5-8,10H,4,9,16H2,1-3H3. The third-order valence-corrected chi connectivity index (χ3v) is 3.55. The molecule has 0 amide bonds. The molecule has 2 N–H and O–H groups in total. The molecule has 0 aliphatic carbocycles. The molecule has 0 aromatic carbocycles. The second-order valence-corrected chi connectivity index (χ2v) is 5.30. The summed E-state index contributed by atoms with van der Waals surface area (Å²) in [5.74, 6) is 0.645. The van der Waals surface area contributed by atoms with Crippen LogP contribution >= 0.6 is 0 Å². The zero-order valence-electron chi connectivity index (χ0n) is 12.6. The molecule has 0 fully saturated rings. The molecule has 0 aliphatic rings. The van der Waals surface area contributed by atoms with Crippen molar-refractivity contribution in [3.8, 4) is 11.4 Å². The summed E-state index contributed by atoms with van der Waals surface area (Å²) in [4.78, 5) is 6.70. The maximum atomic E-state index is 6.31. The van der Waals surface area contributed by atoms with Gasteiger partial charge in [-0.15, -0.1) is 0 Å². The Kier molecular flexibility index (Phi) is 3.29. The fourth-order valence-corrected chi connectivity index (χ4v) is 2.43. The van der Waals surface area contributed by atoms with E-state index < -0.39 is 0 Å². The summed E-state index contributed by atoms with van der Waals surface area (Å²) in [5.41, 5.74) is 9.98. The average Bonchev–Trinajstić information content (AvgIpc) is 3.04. The Bertz CT molecular complexity index is 768. The number of nitrogen functional groups attached to an aromatic ring is 1. The van der Waals surface area contributed by atoms with E-state index in [2.05, 4.69) is 17.0 Å². The average molecular weight is 284 g/mol. The van der Waals surface area contributed by atoms with E-state index in [1.807, 2.05) is 52.5 Å². The van der Waals surface area contributed by atoms with Crippen molar-refractivity contribution < 1.29 is 0 Å². The Morgan fingerprint density at radius 3 is 2.76 bits per heavy atom. The number of rotatable bonds is 4. The summed E-state index contributed by atoms with van der Waals surface area (Å²) in [5, 5.41) is 4.34. The zero-order chi connectivity index (χ0) is 15.0. The smallest absolute Gasteiger partial charge is 0.139 e. The highest BCUT2D eigenvalue weighted by atomic mass is 15.3. The van der Waals surface area contributed by atoms with Crippen LogP contribution in [0.3, 0.4) is 0 Å². The van der Waals surface area contributed by atoms with E-state index in [1.165, 1.54) is 0 Å². The highest BCUT2D eigenvalue weighted by Crippen LogP contribution is 2.27. The van der Waals surface area contributed by atoms with Crippen molar-refractivity contribution >= 4 is 17.2 Å². The monoisotopic (exact) mass is 284 g/mol. The molecule has 0 saturated carbocycles. The van der Waals surface area contributed by atoms with Gasteiger partial charge in [-0.05, 0) is 24.6 Å². The fourth-order valence-electron chi connectivity index (χ4n) is 2.43. The minimum Gasteiger partial charge on any atom is -0.383 e. The highest BCUT2D eigenvalue weighted by Gasteiger charge is 2.15. The molecule has 3 aromatic rings. The van der Waals surface area contributed by atoms with Crippen LogP contribution < -0.4 is 10.6 Å².